The van der Waals surface area contributed by atoms with Gasteiger partial charge in [-0.25, -0.2) is 12.4 Å². The molecule has 1 atom stereocenters. The van der Waals surface area contributed by atoms with Crippen LogP contribution in [0, 0.1) is 6.92 Å². The third-order valence-corrected chi connectivity index (χ3v) is 6.90. The molecule has 0 unspecified atom stereocenters. The summed E-state index contributed by atoms with van der Waals surface area (Å²) in [6, 6.07) is 16.5. The molecule has 0 saturated carbocycles. The normalized spacial score (nSPS) is 14.1. The van der Waals surface area contributed by atoms with Crippen LogP contribution in [0.4, 0.5) is 0 Å². The number of para-hydroxylation sites is 1. The molecular formula is C22H21N3O2S. The fourth-order valence-electron chi connectivity index (χ4n) is 3.38. The number of nitrogens with zero attached hydrogens (tertiary/aromatic N) is 2. The molecule has 6 heteroatoms. The summed E-state index contributed by atoms with van der Waals surface area (Å²) in [5.74, 6) is 0. The lowest BCUT2D eigenvalue weighted by Gasteiger charge is -2.24. The van der Waals surface area contributed by atoms with E-state index in [4.69, 9.17) is 0 Å². The van der Waals surface area contributed by atoms with Gasteiger partial charge in [0.15, 0.2) is 0 Å². The summed E-state index contributed by atoms with van der Waals surface area (Å²) in [5, 5.41) is 8.47. The zero-order valence-corrected chi connectivity index (χ0v) is 16.6. The van der Waals surface area contributed by atoms with Crippen LogP contribution < -0.4 is 0 Å². The van der Waals surface area contributed by atoms with E-state index < -0.39 is 15.4 Å². The number of hydrogen-bond donors (Lipinski definition) is 1. The summed E-state index contributed by atoms with van der Waals surface area (Å²) in [6.45, 7) is 7.93. The number of nitrogens with one attached hydrogen (secondary N) is 1. The molecule has 28 heavy (non-hydrogen) atoms. The molecule has 0 spiro atoms. The van der Waals surface area contributed by atoms with Gasteiger partial charge in [0.2, 0.25) is 0 Å². The molecule has 4 rings (SSSR count). The molecular weight excluding hydrogens is 370 g/mol. The van der Waals surface area contributed by atoms with E-state index in [1.54, 1.807) is 36.7 Å². The Bertz CT molecular complexity index is 1270. The Labute approximate surface area is 164 Å². The van der Waals surface area contributed by atoms with Crippen molar-refractivity contribution in [2.45, 2.75) is 24.2 Å². The van der Waals surface area contributed by atoms with Crippen LogP contribution in [0.2, 0.25) is 0 Å². The second kappa shape index (κ2) is 6.49. The second-order valence-electron chi connectivity index (χ2n) is 7.07. The van der Waals surface area contributed by atoms with Crippen molar-refractivity contribution in [2.24, 2.45) is 0 Å². The van der Waals surface area contributed by atoms with Gasteiger partial charge in [-0.2, -0.15) is 5.10 Å². The number of aryl methyl sites for hydroxylation is 1. The molecule has 0 aliphatic rings. The Morgan fingerprint density at radius 1 is 1.11 bits per heavy atom. The van der Waals surface area contributed by atoms with Crippen LogP contribution in [0.3, 0.4) is 0 Å². The van der Waals surface area contributed by atoms with Crippen LogP contribution in [0.25, 0.3) is 10.9 Å². The van der Waals surface area contributed by atoms with Gasteiger partial charge in [-0.1, -0.05) is 42.0 Å². The SMILES string of the molecule is C=C[C@](C)(c1ccn(S(=O)(=O)c2ccc(C)cc2)c1)c1[nH]nc2ccccc12. The van der Waals surface area contributed by atoms with Crippen molar-refractivity contribution in [1.29, 1.82) is 0 Å². The summed E-state index contributed by atoms with van der Waals surface area (Å²) in [5.41, 5.74) is 2.94. The van der Waals surface area contributed by atoms with E-state index in [-0.39, 0.29) is 4.90 Å². The van der Waals surface area contributed by atoms with E-state index in [0.717, 1.165) is 27.7 Å². The third kappa shape index (κ3) is 2.77. The molecule has 0 saturated heterocycles. The maximum Gasteiger partial charge on any atom is 0.267 e. The number of hydrogen-bond acceptors (Lipinski definition) is 3. The average molecular weight is 391 g/mol. The van der Waals surface area contributed by atoms with Crippen LogP contribution in [0.1, 0.15) is 23.7 Å². The minimum Gasteiger partial charge on any atom is -0.280 e. The van der Waals surface area contributed by atoms with Gasteiger partial charge in [0.05, 0.1) is 21.5 Å². The highest BCUT2D eigenvalue weighted by Crippen LogP contribution is 2.36. The largest absolute Gasteiger partial charge is 0.280 e. The molecule has 0 aliphatic heterocycles. The standard InChI is InChI=1S/C22H21N3O2S/c1-4-22(3,21-19-7-5-6-8-20(19)23-24-21)17-13-14-25(15-17)28(26,27)18-11-9-16(2)10-12-18/h4-15H,1H2,2-3H3,(H,23,24)/t22-/m1/s1. The Morgan fingerprint density at radius 2 is 1.82 bits per heavy atom. The third-order valence-electron chi connectivity index (χ3n) is 5.25. The van der Waals surface area contributed by atoms with Gasteiger partial charge in [0.1, 0.15) is 0 Å². The Balaban J connectivity index is 1.81. The fourth-order valence-corrected chi connectivity index (χ4v) is 4.58. The molecule has 2 aromatic carbocycles. The summed E-state index contributed by atoms with van der Waals surface area (Å²) >= 11 is 0. The van der Waals surface area contributed by atoms with E-state index in [9.17, 15) is 8.42 Å². The van der Waals surface area contributed by atoms with Crippen molar-refractivity contribution < 1.29 is 8.42 Å². The maximum absolute atomic E-state index is 13.0. The number of H-pyrrole nitrogens is 1. The summed E-state index contributed by atoms with van der Waals surface area (Å²) in [7, 11) is -3.66. The molecule has 0 amide bonds. The molecule has 0 bridgehead atoms. The lowest BCUT2D eigenvalue weighted by Crippen LogP contribution is -2.21. The Morgan fingerprint density at radius 3 is 2.54 bits per heavy atom. The predicted molar refractivity (Wildman–Crippen MR) is 111 cm³/mol. The summed E-state index contributed by atoms with van der Waals surface area (Å²) in [4.78, 5) is 0.257. The minimum atomic E-state index is -3.66. The van der Waals surface area contributed by atoms with Crippen molar-refractivity contribution in [3.8, 4) is 0 Å². The van der Waals surface area contributed by atoms with Gasteiger partial charge in [-0.3, -0.25) is 5.10 Å². The van der Waals surface area contributed by atoms with Gasteiger partial charge in [-0.05, 0) is 43.7 Å². The van der Waals surface area contributed by atoms with E-state index in [1.165, 1.54) is 3.97 Å². The smallest absolute Gasteiger partial charge is 0.267 e. The van der Waals surface area contributed by atoms with Crippen LogP contribution in [-0.2, 0) is 15.4 Å². The topological polar surface area (TPSA) is 67.8 Å². The van der Waals surface area contributed by atoms with Crippen molar-refractivity contribution in [2.75, 3.05) is 0 Å². The van der Waals surface area contributed by atoms with Gasteiger partial charge in [-0.15, -0.1) is 6.58 Å². The molecule has 0 radical (unpaired) electrons. The number of fused-ring (bicyclic) bond motifs is 1. The highest BCUT2D eigenvalue weighted by atomic mass is 32.2. The number of aromatic nitrogens is 3. The second-order valence-corrected chi connectivity index (χ2v) is 8.91. The first kappa shape index (κ1) is 18.3. The molecule has 1 N–H and O–H groups in total. The first-order chi connectivity index (χ1) is 13.4. The molecule has 2 aromatic heterocycles. The lowest BCUT2D eigenvalue weighted by molar-refractivity contribution is 0.587. The van der Waals surface area contributed by atoms with E-state index >= 15 is 0 Å². The molecule has 2 heterocycles. The fraction of sp³-hybridized carbons (Fsp3) is 0.136. The van der Waals surface area contributed by atoms with Gasteiger partial charge in [0, 0.05) is 17.8 Å². The lowest BCUT2D eigenvalue weighted by atomic mass is 9.80. The zero-order chi connectivity index (χ0) is 19.9. The van der Waals surface area contributed by atoms with Gasteiger partial charge >= 0.3 is 0 Å². The van der Waals surface area contributed by atoms with E-state index in [0.29, 0.717) is 0 Å². The monoisotopic (exact) mass is 391 g/mol. The molecule has 142 valence electrons. The van der Waals surface area contributed by atoms with Crippen molar-refractivity contribution >= 4 is 20.9 Å². The molecule has 0 aliphatic carbocycles. The van der Waals surface area contributed by atoms with E-state index in [1.807, 2.05) is 50.3 Å². The number of benzene rings is 2. The molecule has 0 fully saturated rings. The predicted octanol–water partition coefficient (Wildman–Crippen LogP) is 4.40. The summed E-state index contributed by atoms with van der Waals surface area (Å²) in [6.07, 6.45) is 5.03. The van der Waals surface area contributed by atoms with Crippen LogP contribution in [0.15, 0.2) is 84.5 Å². The minimum absolute atomic E-state index is 0.257. The van der Waals surface area contributed by atoms with Crippen LogP contribution in [-0.4, -0.2) is 22.6 Å². The average Bonchev–Trinajstić information content (AvgIpc) is 3.36. The maximum atomic E-state index is 13.0. The molecule has 5 nitrogen and oxygen atoms in total. The molecule has 4 aromatic rings. The first-order valence-corrected chi connectivity index (χ1v) is 10.4. The van der Waals surface area contributed by atoms with Crippen molar-refractivity contribution in [1.82, 2.24) is 14.2 Å². The van der Waals surface area contributed by atoms with Crippen molar-refractivity contribution in [3.05, 3.63) is 96.5 Å². The van der Waals surface area contributed by atoms with Crippen LogP contribution in [0.5, 0.6) is 0 Å². The van der Waals surface area contributed by atoms with Crippen LogP contribution >= 0.6 is 0 Å². The zero-order valence-electron chi connectivity index (χ0n) is 15.8. The number of aromatic amines is 1. The first-order valence-electron chi connectivity index (χ1n) is 8.94. The Kier molecular flexibility index (Phi) is 4.23. The quantitative estimate of drug-likeness (QED) is 0.513. The van der Waals surface area contributed by atoms with Gasteiger partial charge in [0.25, 0.3) is 10.0 Å². The van der Waals surface area contributed by atoms with Crippen molar-refractivity contribution in [3.63, 3.8) is 0 Å². The number of rotatable bonds is 5. The van der Waals surface area contributed by atoms with Gasteiger partial charge < -0.3 is 0 Å². The summed E-state index contributed by atoms with van der Waals surface area (Å²) < 4.78 is 27.2. The highest BCUT2D eigenvalue weighted by molar-refractivity contribution is 7.90. The number of allylic oxidation sites excluding steroid dienone is 1. The van der Waals surface area contributed by atoms with E-state index in [2.05, 4.69) is 16.8 Å². The Hall–Kier alpha value is -3.12. The highest BCUT2D eigenvalue weighted by Gasteiger charge is 2.31.